The normalized spacial score (nSPS) is 10.5. The summed E-state index contributed by atoms with van der Waals surface area (Å²) in [6, 6.07) is 19.4. The van der Waals surface area contributed by atoms with Gasteiger partial charge in [0.05, 0.1) is 6.61 Å². The summed E-state index contributed by atoms with van der Waals surface area (Å²) < 4.78 is 5.60. The third kappa shape index (κ3) is 4.70. The van der Waals surface area contributed by atoms with Crippen molar-refractivity contribution in [3.8, 4) is 5.75 Å². The summed E-state index contributed by atoms with van der Waals surface area (Å²) in [5.41, 5.74) is 1.26. The van der Waals surface area contributed by atoms with Crippen molar-refractivity contribution in [2.75, 3.05) is 12.4 Å². The Morgan fingerprint density at radius 3 is 2.38 bits per heavy atom. The Balaban J connectivity index is 1.52. The van der Waals surface area contributed by atoms with E-state index in [9.17, 15) is 4.79 Å². The van der Waals surface area contributed by atoms with Crippen LogP contribution in [0.2, 0.25) is 0 Å². The van der Waals surface area contributed by atoms with Gasteiger partial charge < -0.3 is 4.74 Å². The first-order chi connectivity index (χ1) is 11.8. The Kier molecular flexibility index (Phi) is 5.63. The molecule has 0 bridgehead atoms. The van der Waals surface area contributed by atoms with E-state index in [1.807, 2.05) is 60.7 Å². The number of hydrogen-bond acceptors (Lipinski definition) is 5. The van der Waals surface area contributed by atoms with Gasteiger partial charge >= 0.3 is 0 Å². The van der Waals surface area contributed by atoms with Crippen LogP contribution in [0, 0.1) is 0 Å². The number of hydrogen-bond donors (Lipinski definition) is 1. The molecule has 0 unspecified atom stereocenters. The highest BCUT2D eigenvalue weighted by molar-refractivity contribution is 7.99. The molecule has 0 atom stereocenters. The number of rotatable bonds is 7. The quantitative estimate of drug-likeness (QED) is 0.529. The molecule has 0 amide bonds. The molecule has 24 heavy (non-hydrogen) atoms. The first-order valence-electron chi connectivity index (χ1n) is 7.62. The van der Waals surface area contributed by atoms with Gasteiger partial charge in [0.15, 0.2) is 5.16 Å². The molecule has 1 aromatic heterocycles. The van der Waals surface area contributed by atoms with Crippen LogP contribution in [0.3, 0.4) is 0 Å². The molecule has 1 N–H and O–H groups in total. The van der Waals surface area contributed by atoms with Crippen molar-refractivity contribution in [2.24, 2.45) is 0 Å². The van der Waals surface area contributed by atoms with E-state index in [1.54, 1.807) is 0 Å². The molecule has 2 aromatic carbocycles. The van der Waals surface area contributed by atoms with Crippen LogP contribution in [0.5, 0.6) is 5.75 Å². The molecule has 0 aliphatic heterocycles. The van der Waals surface area contributed by atoms with Gasteiger partial charge in [-0.15, -0.1) is 10.2 Å². The number of aromatic nitrogens is 3. The van der Waals surface area contributed by atoms with Crippen LogP contribution in [-0.4, -0.2) is 27.5 Å². The van der Waals surface area contributed by atoms with Gasteiger partial charge in [0.25, 0.3) is 5.56 Å². The fourth-order valence-corrected chi connectivity index (χ4v) is 2.75. The molecule has 0 spiro atoms. The van der Waals surface area contributed by atoms with Crippen molar-refractivity contribution in [3.05, 3.63) is 82.3 Å². The summed E-state index contributed by atoms with van der Waals surface area (Å²) in [4.78, 5) is 14.9. The van der Waals surface area contributed by atoms with Crippen molar-refractivity contribution >= 4 is 11.8 Å². The first-order valence-corrected chi connectivity index (χ1v) is 8.60. The standard InChI is InChI=1S/C18H17N3O2S/c22-17-16(13-14-7-3-1-4-8-14)20-21-18(19-17)24-12-11-23-15-9-5-2-6-10-15/h1-10H,11-13H2,(H,19,21,22). The Labute approximate surface area is 144 Å². The van der Waals surface area contributed by atoms with Crippen LogP contribution in [0.25, 0.3) is 0 Å². The van der Waals surface area contributed by atoms with Crippen LogP contribution in [0.4, 0.5) is 0 Å². The molecule has 122 valence electrons. The summed E-state index contributed by atoms with van der Waals surface area (Å²) in [5.74, 6) is 1.51. The smallest absolute Gasteiger partial charge is 0.273 e. The molecule has 5 nitrogen and oxygen atoms in total. The summed E-state index contributed by atoms with van der Waals surface area (Å²) in [6.07, 6.45) is 0.477. The maximum absolute atomic E-state index is 12.1. The number of nitrogens with one attached hydrogen (secondary N) is 1. The average Bonchev–Trinajstić information content (AvgIpc) is 2.63. The summed E-state index contributed by atoms with van der Waals surface area (Å²) in [5, 5.41) is 8.64. The van der Waals surface area contributed by atoms with Crippen molar-refractivity contribution < 1.29 is 4.74 Å². The van der Waals surface area contributed by atoms with E-state index in [0.29, 0.717) is 29.6 Å². The number of ether oxygens (including phenoxy) is 1. The minimum absolute atomic E-state index is 0.194. The summed E-state index contributed by atoms with van der Waals surface area (Å²) in [6.45, 7) is 0.532. The monoisotopic (exact) mass is 339 g/mol. The zero-order chi connectivity index (χ0) is 16.6. The van der Waals surface area contributed by atoms with Crippen molar-refractivity contribution in [1.82, 2.24) is 15.2 Å². The van der Waals surface area contributed by atoms with Gasteiger partial charge in [-0.2, -0.15) is 0 Å². The van der Waals surface area contributed by atoms with E-state index in [2.05, 4.69) is 15.2 Å². The molecular formula is C18H17N3O2S. The Morgan fingerprint density at radius 2 is 1.67 bits per heavy atom. The lowest BCUT2D eigenvalue weighted by Gasteiger charge is -2.05. The molecule has 3 rings (SSSR count). The molecule has 6 heteroatoms. The Hall–Kier alpha value is -2.60. The zero-order valence-electron chi connectivity index (χ0n) is 13.0. The molecule has 0 saturated carbocycles. The van der Waals surface area contributed by atoms with Gasteiger partial charge in [0.2, 0.25) is 0 Å². The highest BCUT2D eigenvalue weighted by atomic mass is 32.2. The van der Waals surface area contributed by atoms with Crippen LogP contribution < -0.4 is 10.3 Å². The third-order valence-electron chi connectivity index (χ3n) is 3.29. The highest BCUT2D eigenvalue weighted by Crippen LogP contribution is 2.12. The highest BCUT2D eigenvalue weighted by Gasteiger charge is 2.06. The molecule has 3 aromatic rings. The van der Waals surface area contributed by atoms with Crippen molar-refractivity contribution in [3.63, 3.8) is 0 Å². The van der Waals surface area contributed by atoms with E-state index in [1.165, 1.54) is 11.8 Å². The molecule has 0 saturated heterocycles. The van der Waals surface area contributed by atoms with Crippen molar-refractivity contribution in [2.45, 2.75) is 11.6 Å². The van der Waals surface area contributed by atoms with E-state index >= 15 is 0 Å². The lowest BCUT2D eigenvalue weighted by Crippen LogP contribution is -2.18. The number of nitrogens with zero attached hydrogens (tertiary/aromatic N) is 2. The molecule has 1 heterocycles. The summed E-state index contributed by atoms with van der Waals surface area (Å²) >= 11 is 1.41. The zero-order valence-corrected chi connectivity index (χ0v) is 13.8. The number of aromatic amines is 1. The largest absolute Gasteiger partial charge is 0.493 e. The molecule has 0 aliphatic carbocycles. The van der Waals surface area contributed by atoms with E-state index in [-0.39, 0.29) is 5.56 Å². The number of benzene rings is 2. The number of thioether (sulfide) groups is 1. The second-order valence-electron chi connectivity index (χ2n) is 5.08. The maximum atomic E-state index is 12.1. The van der Waals surface area contributed by atoms with Crippen molar-refractivity contribution in [1.29, 1.82) is 0 Å². The van der Waals surface area contributed by atoms with Crippen LogP contribution in [0.1, 0.15) is 11.3 Å². The SMILES string of the molecule is O=c1[nH]c(SCCOc2ccccc2)nnc1Cc1ccccc1. The fourth-order valence-electron chi connectivity index (χ4n) is 2.13. The van der Waals surface area contributed by atoms with Crippen LogP contribution in [0.15, 0.2) is 70.6 Å². The second kappa shape index (κ2) is 8.31. The topological polar surface area (TPSA) is 67.9 Å². The number of H-pyrrole nitrogens is 1. The average molecular weight is 339 g/mol. The van der Waals surface area contributed by atoms with Gasteiger partial charge in [0.1, 0.15) is 11.4 Å². The Morgan fingerprint density at radius 1 is 0.958 bits per heavy atom. The van der Waals surface area contributed by atoms with Crippen LogP contribution in [-0.2, 0) is 6.42 Å². The second-order valence-corrected chi connectivity index (χ2v) is 6.16. The van der Waals surface area contributed by atoms with Gasteiger partial charge in [0, 0.05) is 12.2 Å². The van der Waals surface area contributed by atoms with E-state index in [4.69, 9.17) is 4.74 Å². The summed E-state index contributed by atoms with van der Waals surface area (Å²) in [7, 11) is 0. The van der Waals surface area contributed by atoms with E-state index < -0.39 is 0 Å². The fraction of sp³-hybridized carbons (Fsp3) is 0.167. The lowest BCUT2D eigenvalue weighted by atomic mass is 10.1. The van der Waals surface area contributed by atoms with Crippen LogP contribution >= 0.6 is 11.8 Å². The minimum atomic E-state index is -0.194. The van der Waals surface area contributed by atoms with Gasteiger partial charge in [-0.3, -0.25) is 9.78 Å². The lowest BCUT2D eigenvalue weighted by molar-refractivity contribution is 0.344. The predicted octanol–water partition coefficient (Wildman–Crippen LogP) is 2.93. The van der Waals surface area contributed by atoms with E-state index in [0.717, 1.165) is 11.3 Å². The predicted molar refractivity (Wildman–Crippen MR) is 94.6 cm³/mol. The van der Waals surface area contributed by atoms with Gasteiger partial charge in [-0.1, -0.05) is 60.3 Å². The molecule has 0 aliphatic rings. The molecular weight excluding hydrogens is 322 g/mol. The Bertz CT molecular complexity index is 822. The first kappa shape index (κ1) is 16.3. The minimum Gasteiger partial charge on any atom is -0.493 e. The maximum Gasteiger partial charge on any atom is 0.273 e. The number of para-hydroxylation sites is 1. The van der Waals surface area contributed by atoms with Gasteiger partial charge in [-0.25, -0.2) is 0 Å². The molecule has 0 radical (unpaired) electrons. The van der Waals surface area contributed by atoms with Gasteiger partial charge in [-0.05, 0) is 17.7 Å². The third-order valence-corrected chi connectivity index (χ3v) is 4.12. The molecule has 0 fully saturated rings.